The van der Waals surface area contributed by atoms with Gasteiger partial charge in [-0.05, 0) is 5.56 Å². The molecule has 2 atom stereocenters. The van der Waals surface area contributed by atoms with Crippen LogP contribution in [0.2, 0.25) is 0 Å². The van der Waals surface area contributed by atoms with Gasteiger partial charge in [-0.1, -0.05) is 30.3 Å². The number of aliphatic carboxylic acids is 1. The Morgan fingerprint density at radius 1 is 1.41 bits per heavy atom. The van der Waals surface area contributed by atoms with E-state index >= 15 is 0 Å². The zero-order chi connectivity index (χ0) is 11.4. The number of nitrogens with one attached hydrogen (secondary N) is 1. The van der Waals surface area contributed by atoms with Crippen LogP contribution in [0.1, 0.15) is 12.0 Å². The molecule has 2 N–H and O–H groups in total. The van der Waals surface area contributed by atoms with Gasteiger partial charge in [-0.25, -0.2) is 0 Å². The molecule has 1 fully saturated rings. The number of benzene rings is 1. The normalized spacial score (nSPS) is 23.1. The number of hydrogen-bond acceptors (Lipinski definition) is 3. The van der Waals surface area contributed by atoms with Gasteiger partial charge in [0.25, 0.3) is 0 Å². The average molecular weight is 258 g/mol. The third-order valence-corrected chi connectivity index (χ3v) is 2.72. The maximum atomic E-state index is 10.7. The molecule has 0 amide bonds. The number of ether oxygens (including phenoxy) is 1. The smallest absolute Gasteiger partial charge is 0.320 e. The zero-order valence-electron chi connectivity index (χ0n) is 9.33. The Labute approximate surface area is 106 Å². The highest BCUT2D eigenvalue weighted by Crippen LogP contribution is 2.12. The molecule has 0 aliphatic carbocycles. The lowest BCUT2D eigenvalue weighted by Gasteiger charge is -2.10. The zero-order valence-corrected chi connectivity index (χ0v) is 10.2. The molecule has 5 heteroatoms. The molecule has 1 heterocycles. The van der Waals surface area contributed by atoms with Crippen LogP contribution in [0, 0.1) is 0 Å². The van der Waals surface area contributed by atoms with Crippen LogP contribution in [0.3, 0.4) is 0 Å². The summed E-state index contributed by atoms with van der Waals surface area (Å²) in [5.74, 6) is -0.800. The molecule has 0 unspecified atom stereocenters. The first-order valence-corrected chi connectivity index (χ1v) is 5.37. The Morgan fingerprint density at radius 2 is 2.12 bits per heavy atom. The molecular weight excluding hydrogens is 242 g/mol. The molecule has 2 rings (SSSR count). The number of halogens is 1. The molecule has 1 aromatic carbocycles. The van der Waals surface area contributed by atoms with Crippen LogP contribution in [-0.2, 0) is 16.1 Å². The van der Waals surface area contributed by atoms with Crippen molar-refractivity contribution >= 4 is 18.4 Å². The summed E-state index contributed by atoms with van der Waals surface area (Å²) in [6.07, 6.45) is 0.545. The highest BCUT2D eigenvalue weighted by molar-refractivity contribution is 5.85. The van der Waals surface area contributed by atoms with Gasteiger partial charge in [0.2, 0.25) is 0 Å². The maximum Gasteiger partial charge on any atom is 0.320 e. The summed E-state index contributed by atoms with van der Waals surface area (Å²) in [6, 6.07) is 9.42. The molecule has 4 nitrogen and oxygen atoms in total. The van der Waals surface area contributed by atoms with Gasteiger partial charge in [0, 0.05) is 13.0 Å². The summed E-state index contributed by atoms with van der Waals surface area (Å²) in [5, 5.41) is 11.7. The second-order valence-corrected chi connectivity index (χ2v) is 3.95. The molecule has 0 spiro atoms. The van der Waals surface area contributed by atoms with Crippen molar-refractivity contribution in [2.75, 3.05) is 6.54 Å². The highest BCUT2D eigenvalue weighted by Gasteiger charge is 2.29. The Bertz CT molecular complexity index is 358. The fourth-order valence-corrected chi connectivity index (χ4v) is 1.81. The molecule has 1 aromatic rings. The molecule has 0 bridgehead atoms. The van der Waals surface area contributed by atoms with E-state index in [1.165, 1.54) is 0 Å². The van der Waals surface area contributed by atoms with E-state index in [1.54, 1.807) is 0 Å². The first-order chi connectivity index (χ1) is 7.75. The lowest BCUT2D eigenvalue weighted by molar-refractivity contribution is -0.139. The Kier molecular flexibility index (Phi) is 5.41. The van der Waals surface area contributed by atoms with E-state index in [-0.39, 0.29) is 18.5 Å². The van der Waals surface area contributed by atoms with Crippen molar-refractivity contribution in [1.29, 1.82) is 0 Å². The van der Waals surface area contributed by atoms with Crippen LogP contribution in [0.25, 0.3) is 0 Å². The van der Waals surface area contributed by atoms with Crippen LogP contribution in [0.4, 0.5) is 0 Å². The van der Waals surface area contributed by atoms with Gasteiger partial charge in [0.05, 0.1) is 12.7 Å². The van der Waals surface area contributed by atoms with Crippen molar-refractivity contribution in [2.24, 2.45) is 0 Å². The fraction of sp³-hybridized carbons (Fsp3) is 0.417. The fourth-order valence-electron chi connectivity index (χ4n) is 1.81. The second kappa shape index (κ2) is 6.59. The molecule has 17 heavy (non-hydrogen) atoms. The van der Waals surface area contributed by atoms with E-state index < -0.39 is 12.0 Å². The summed E-state index contributed by atoms with van der Waals surface area (Å²) < 4.78 is 5.64. The van der Waals surface area contributed by atoms with Gasteiger partial charge in [-0.3, -0.25) is 4.79 Å². The van der Waals surface area contributed by atoms with Crippen molar-refractivity contribution < 1.29 is 14.6 Å². The minimum Gasteiger partial charge on any atom is -0.480 e. The van der Waals surface area contributed by atoms with Crippen molar-refractivity contribution in [3.05, 3.63) is 35.9 Å². The third kappa shape index (κ3) is 4.00. The number of carboxylic acid groups (broad SMARTS) is 1. The summed E-state index contributed by atoms with van der Waals surface area (Å²) >= 11 is 0. The molecule has 1 saturated heterocycles. The lowest BCUT2D eigenvalue weighted by atomic mass is 10.2. The average Bonchev–Trinajstić information content (AvgIpc) is 2.76. The second-order valence-electron chi connectivity index (χ2n) is 3.95. The van der Waals surface area contributed by atoms with Crippen LogP contribution in [0.5, 0.6) is 0 Å². The van der Waals surface area contributed by atoms with E-state index in [9.17, 15) is 4.79 Å². The van der Waals surface area contributed by atoms with E-state index in [0.717, 1.165) is 5.56 Å². The van der Waals surface area contributed by atoms with Gasteiger partial charge in [0.15, 0.2) is 0 Å². The lowest BCUT2D eigenvalue weighted by Crippen LogP contribution is -2.29. The number of rotatable bonds is 4. The Hall–Kier alpha value is -1.10. The van der Waals surface area contributed by atoms with Gasteiger partial charge >= 0.3 is 5.97 Å². The SMILES string of the molecule is Cl.O=C(O)[C@@H]1C[C@@H](OCc2ccccc2)CN1. The van der Waals surface area contributed by atoms with Crippen molar-refractivity contribution in [3.63, 3.8) is 0 Å². The monoisotopic (exact) mass is 257 g/mol. The molecule has 0 radical (unpaired) electrons. The Morgan fingerprint density at radius 3 is 2.71 bits per heavy atom. The molecule has 94 valence electrons. The standard InChI is InChI=1S/C12H15NO3.ClH/c14-12(15)11-6-10(7-13-11)16-8-9-4-2-1-3-5-9;/h1-5,10-11,13H,6-8H2,(H,14,15);1H/t10-,11+;/m1./s1. The van der Waals surface area contributed by atoms with Gasteiger partial charge in [-0.15, -0.1) is 12.4 Å². The summed E-state index contributed by atoms with van der Waals surface area (Å²) in [5.41, 5.74) is 1.11. The quantitative estimate of drug-likeness (QED) is 0.857. The Balaban J connectivity index is 0.00000144. The number of carboxylic acids is 1. The molecule has 0 saturated carbocycles. The summed E-state index contributed by atoms with van der Waals surface area (Å²) in [7, 11) is 0. The van der Waals surface area contributed by atoms with Crippen molar-refractivity contribution in [1.82, 2.24) is 5.32 Å². The largest absolute Gasteiger partial charge is 0.480 e. The highest BCUT2D eigenvalue weighted by atomic mass is 35.5. The van der Waals surface area contributed by atoms with Gasteiger partial charge in [0.1, 0.15) is 6.04 Å². The van der Waals surface area contributed by atoms with E-state index in [2.05, 4.69) is 5.32 Å². The topological polar surface area (TPSA) is 58.6 Å². The summed E-state index contributed by atoms with van der Waals surface area (Å²) in [4.78, 5) is 10.7. The first-order valence-electron chi connectivity index (χ1n) is 5.37. The molecular formula is C12H16ClNO3. The van der Waals surface area contributed by atoms with Crippen LogP contribution in [0.15, 0.2) is 30.3 Å². The molecule has 1 aliphatic heterocycles. The molecule has 1 aliphatic rings. The first kappa shape index (κ1) is 14.0. The van der Waals surface area contributed by atoms with E-state index in [4.69, 9.17) is 9.84 Å². The predicted octanol–water partition coefficient (Wildman–Crippen LogP) is 1.44. The van der Waals surface area contributed by atoms with Gasteiger partial charge in [-0.2, -0.15) is 0 Å². The van der Waals surface area contributed by atoms with Crippen molar-refractivity contribution in [2.45, 2.75) is 25.2 Å². The predicted molar refractivity (Wildman–Crippen MR) is 66.3 cm³/mol. The minimum absolute atomic E-state index is 0. The molecule has 0 aromatic heterocycles. The summed E-state index contributed by atoms with van der Waals surface area (Å²) in [6.45, 7) is 1.16. The van der Waals surface area contributed by atoms with Crippen molar-refractivity contribution in [3.8, 4) is 0 Å². The number of hydrogen-bond donors (Lipinski definition) is 2. The van der Waals surface area contributed by atoms with Gasteiger partial charge < -0.3 is 15.2 Å². The maximum absolute atomic E-state index is 10.7. The van der Waals surface area contributed by atoms with Crippen LogP contribution >= 0.6 is 12.4 Å². The third-order valence-electron chi connectivity index (χ3n) is 2.72. The van der Waals surface area contributed by atoms with E-state index in [1.807, 2.05) is 30.3 Å². The van der Waals surface area contributed by atoms with Crippen LogP contribution < -0.4 is 5.32 Å². The van der Waals surface area contributed by atoms with E-state index in [0.29, 0.717) is 19.6 Å². The number of carbonyl (C=O) groups is 1. The minimum atomic E-state index is -0.800. The van der Waals surface area contributed by atoms with Crippen LogP contribution in [-0.4, -0.2) is 29.8 Å².